The van der Waals surface area contributed by atoms with E-state index in [1.165, 1.54) is 19.9 Å². The van der Waals surface area contributed by atoms with Crippen LogP contribution in [0.2, 0.25) is 0 Å². The van der Waals surface area contributed by atoms with Gasteiger partial charge in [0.1, 0.15) is 17.4 Å². The number of rotatable bonds is 12. The summed E-state index contributed by atoms with van der Waals surface area (Å²) in [6, 6.07) is 4.30. The van der Waals surface area contributed by atoms with Gasteiger partial charge in [0.2, 0.25) is 0 Å². The summed E-state index contributed by atoms with van der Waals surface area (Å²) in [6.07, 6.45) is -15.6. The van der Waals surface area contributed by atoms with E-state index < -0.39 is 95.6 Å². The van der Waals surface area contributed by atoms with E-state index in [4.69, 9.17) is 14.6 Å². The van der Waals surface area contributed by atoms with Crippen LogP contribution in [0.25, 0.3) is 0 Å². The highest BCUT2D eigenvalue weighted by atomic mass is 19.4. The van der Waals surface area contributed by atoms with Gasteiger partial charge < -0.3 is 24.6 Å². The molecular weight excluding hydrogens is 691 g/mol. The Morgan fingerprint density at radius 3 is 1.85 bits per heavy atom. The summed E-state index contributed by atoms with van der Waals surface area (Å²) < 4.78 is 186. The summed E-state index contributed by atoms with van der Waals surface area (Å²) in [5.74, 6) is -40.4. The van der Waals surface area contributed by atoms with E-state index in [1.807, 2.05) is 0 Å². The van der Waals surface area contributed by atoms with Crippen molar-refractivity contribution < 1.29 is 90.9 Å². The summed E-state index contributed by atoms with van der Waals surface area (Å²) in [6.45, 7) is 1.04. The van der Waals surface area contributed by atoms with Crippen LogP contribution in [-0.4, -0.2) is 64.7 Å². The monoisotopic (exact) mass is 710 g/mol. The van der Waals surface area contributed by atoms with Crippen molar-refractivity contribution in [3.05, 3.63) is 62.9 Å². The number of carboxylic acid groups (broad SMARTS) is 1. The van der Waals surface area contributed by atoms with Crippen LogP contribution in [0.15, 0.2) is 47.2 Å². The summed E-state index contributed by atoms with van der Waals surface area (Å²) in [7, 11) is 0. The average molecular weight is 710 g/mol. The van der Waals surface area contributed by atoms with Gasteiger partial charge in [0.25, 0.3) is 5.69 Å². The number of allylic oxidation sites excluding steroid dienone is 2. The maximum atomic E-state index is 14.0. The normalized spacial score (nSPS) is 16.9. The first-order valence-corrected chi connectivity index (χ1v) is 12.3. The number of hydrogen-bond acceptors (Lipinski definition) is 8. The number of alkyl halides is 13. The molecule has 1 aromatic carbocycles. The van der Waals surface area contributed by atoms with Gasteiger partial charge in [-0.2, -0.15) is 57.1 Å². The van der Waals surface area contributed by atoms with Crippen molar-refractivity contribution in [3.63, 3.8) is 0 Å². The van der Waals surface area contributed by atoms with Gasteiger partial charge in [-0.05, 0) is 25.8 Å². The topological polar surface area (TPSA) is 137 Å². The standard InChI is InChI=1S/C24H19F13N2O8/c1-10-15(46-17(40)41)14(12-5-3-6-13(9-12)39(43)44)16(11(2)38-10)47-18(42)45-8-4-7-19(25,26)20(27,28)21(29,30)22(31,32)23(33,34)24(35,36)37/h3,5-6,9,14,38H,4,7-8H2,1-2H3,(H,40,41). The van der Waals surface area contributed by atoms with E-state index >= 15 is 0 Å². The number of nitro groups is 1. The van der Waals surface area contributed by atoms with Gasteiger partial charge in [0.05, 0.1) is 22.9 Å². The molecule has 2 N–H and O–H groups in total. The highest BCUT2D eigenvalue weighted by Crippen LogP contribution is 2.60. The Bertz CT molecular complexity index is 1460. The third-order valence-corrected chi connectivity index (χ3v) is 6.30. The molecule has 1 aliphatic heterocycles. The molecule has 0 saturated carbocycles. The highest BCUT2D eigenvalue weighted by Gasteiger charge is 2.90. The molecule has 0 aliphatic carbocycles. The van der Waals surface area contributed by atoms with Gasteiger partial charge in [-0.1, -0.05) is 12.1 Å². The van der Waals surface area contributed by atoms with Crippen LogP contribution < -0.4 is 5.32 Å². The minimum atomic E-state index is -8.06. The van der Waals surface area contributed by atoms with Crippen molar-refractivity contribution in [3.8, 4) is 0 Å². The van der Waals surface area contributed by atoms with Gasteiger partial charge in [-0.25, -0.2) is 9.59 Å². The predicted molar refractivity (Wildman–Crippen MR) is 126 cm³/mol. The molecule has 47 heavy (non-hydrogen) atoms. The second-order valence-corrected chi connectivity index (χ2v) is 9.56. The number of hydrogen-bond donors (Lipinski definition) is 2. The van der Waals surface area contributed by atoms with E-state index in [0.29, 0.717) is 0 Å². The second kappa shape index (κ2) is 13.0. The van der Waals surface area contributed by atoms with Gasteiger partial charge in [-0.15, -0.1) is 0 Å². The fourth-order valence-electron chi connectivity index (χ4n) is 3.97. The van der Waals surface area contributed by atoms with Crippen LogP contribution in [0.5, 0.6) is 0 Å². The first kappa shape index (κ1) is 38.7. The van der Waals surface area contributed by atoms with Crippen molar-refractivity contribution in [1.29, 1.82) is 0 Å². The largest absolute Gasteiger partial charge is 0.513 e. The summed E-state index contributed by atoms with van der Waals surface area (Å²) in [5, 5.41) is 22.9. The van der Waals surface area contributed by atoms with Crippen molar-refractivity contribution in [1.82, 2.24) is 5.32 Å². The fourth-order valence-corrected chi connectivity index (χ4v) is 3.97. The van der Waals surface area contributed by atoms with E-state index in [0.717, 1.165) is 18.2 Å². The number of nitrogens with zero attached hydrogens (tertiary/aromatic N) is 1. The summed E-state index contributed by atoms with van der Waals surface area (Å²) in [4.78, 5) is 34.0. The molecule has 0 radical (unpaired) electrons. The number of nitro benzene ring substituents is 1. The first-order valence-electron chi connectivity index (χ1n) is 12.3. The lowest BCUT2D eigenvalue weighted by Crippen LogP contribution is -2.70. The Balaban J connectivity index is 2.24. The molecular formula is C24H19F13N2O8. The lowest BCUT2D eigenvalue weighted by atomic mass is 9.90. The van der Waals surface area contributed by atoms with Crippen LogP contribution in [0.3, 0.4) is 0 Å². The van der Waals surface area contributed by atoms with Gasteiger partial charge in [0.15, 0.2) is 0 Å². The van der Waals surface area contributed by atoms with E-state index in [-0.39, 0.29) is 17.0 Å². The fraction of sp³-hybridized carbons (Fsp3) is 0.500. The Labute approximate surface area is 252 Å². The average Bonchev–Trinajstić information content (AvgIpc) is 2.92. The number of carbonyl (C=O) groups is 2. The molecule has 1 heterocycles. The van der Waals surface area contributed by atoms with Crippen molar-refractivity contribution >= 4 is 18.0 Å². The number of benzene rings is 1. The van der Waals surface area contributed by atoms with E-state index in [9.17, 15) is 76.8 Å². The van der Waals surface area contributed by atoms with E-state index in [1.54, 1.807) is 0 Å². The number of carbonyl (C=O) groups excluding carboxylic acids is 1. The Kier molecular flexibility index (Phi) is 10.7. The molecule has 10 nitrogen and oxygen atoms in total. The van der Waals surface area contributed by atoms with Crippen LogP contribution in [0, 0.1) is 10.1 Å². The van der Waals surface area contributed by atoms with Gasteiger partial charge >= 0.3 is 48.1 Å². The van der Waals surface area contributed by atoms with E-state index in [2.05, 4.69) is 10.1 Å². The Morgan fingerprint density at radius 2 is 1.36 bits per heavy atom. The SMILES string of the molecule is CC1=C(OC(=O)O)C(c2cccc([N+](=O)[O-])c2)C(OC(=O)OCCCC(F)(F)C(F)(F)C(F)(F)C(F)(F)C(F)(F)C(F)(F)F)=C(C)N1. The second-order valence-electron chi connectivity index (χ2n) is 9.56. The molecule has 1 atom stereocenters. The summed E-state index contributed by atoms with van der Waals surface area (Å²) >= 11 is 0. The zero-order valence-corrected chi connectivity index (χ0v) is 23.2. The molecule has 1 unspecified atom stereocenters. The lowest BCUT2D eigenvalue weighted by Gasteiger charge is -2.39. The number of ether oxygens (including phenoxy) is 3. The molecule has 2 rings (SSSR count). The Hall–Kier alpha value is -4.47. The van der Waals surface area contributed by atoms with Crippen molar-refractivity contribution in [2.75, 3.05) is 6.61 Å². The van der Waals surface area contributed by atoms with Crippen LogP contribution >= 0.6 is 0 Å². The predicted octanol–water partition coefficient (Wildman–Crippen LogP) is 8.11. The minimum absolute atomic E-state index is 0.0133. The minimum Gasteiger partial charge on any atom is -0.449 e. The third-order valence-electron chi connectivity index (χ3n) is 6.30. The highest BCUT2D eigenvalue weighted by molar-refractivity contribution is 5.64. The summed E-state index contributed by atoms with van der Waals surface area (Å²) in [5.41, 5.74) is -0.760. The molecule has 0 amide bonds. The molecule has 0 fully saturated rings. The van der Waals surface area contributed by atoms with Gasteiger partial charge in [0, 0.05) is 18.6 Å². The van der Waals surface area contributed by atoms with Crippen LogP contribution in [0.4, 0.5) is 72.4 Å². The van der Waals surface area contributed by atoms with Gasteiger partial charge in [-0.3, -0.25) is 10.1 Å². The number of dihydropyridines is 1. The number of non-ortho nitro benzene ring substituents is 1. The van der Waals surface area contributed by atoms with Crippen molar-refractivity contribution in [2.45, 2.75) is 68.4 Å². The molecule has 0 aromatic heterocycles. The number of nitrogens with one attached hydrogen (secondary N) is 1. The van der Waals surface area contributed by atoms with Crippen LogP contribution in [-0.2, 0) is 14.2 Å². The Morgan fingerprint density at radius 1 is 0.851 bits per heavy atom. The zero-order chi connectivity index (χ0) is 36.6. The molecule has 0 saturated heterocycles. The molecule has 0 spiro atoms. The quantitative estimate of drug-likeness (QED) is 0.0725. The molecule has 23 heteroatoms. The smallest absolute Gasteiger partial charge is 0.449 e. The molecule has 1 aliphatic rings. The molecule has 264 valence electrons. The molecule has 1 aromatic rings. The van der Waals surface area contributed by atoms with Crippen molar-refractivity contribution in [2.24, 2.45) is 0 Å². The first-order chi connectivity index (χ1) is 21.1. The maximum absolute atomic E-state index is 14.0. The maximum Gasteiger partial charge on any atom is 0.513 e. The molecule has 0 bridgehead atoms. The third kappa shape index (κ3) is 7.26. The zero-order valence-electron chi connectivity index (χ0n) is 23.2. The van der Waals surface area contributed by atoms with Crippen LogP contribution in [0.1, 0.15) is 38.2 Å². The lowest BCUT2D eigenvalue weighted by molar-refractivity contribution is -0.440. The number of halogens is 13.